The third-order valence-corrected chi connectivity index (χ3v) is 5.04. The molecule has 5 nitrogen and oxygen atoms in total. The molecule has 0 radical (unpaired) electrons. The minimum Gasteiger partial charge on any atom is -0.454 e. The lowest BCUT2D eigenvalue weighted by Gasteiger charge is -2.23. The highest BCUT2D eigenvalue weighted by Gasteiger charge is 2.38. The highest BCUT2D eigenvalue weighted by atomic mass is 35.5. The molecule has 2 bridgehead atoms. The number of pyridine rings is 1. The van der Waals surface area contributed by atoms with E-state index in [1.54, 1.807) is 42.7 Å². The zero-order chi connectivity index (χ0) is 16.5. The van der Waals surface area contributed by atoms with Crippen molar-refractivity contribution < 1.29 is 9.53 Å². The average molecular weight is 344 g/mol. The Kier molecular flexibility index (Phi) is 4.12. The molecule has 3 heterocycles. The molecule has 1 aromatic carbocycles. The molecule has 24 heavy (non-hydrogen) atoms. The molecular weight excluding hydrogens is 326 g/mol. The van der Waals surface area contributed by atoms with Crippen LogP contribution in [0.1, 0.15) is 16.8 Å². The smallest absolute Gasteiger partial charge is 0.251 e. The van der Waals surface area contributed by atoms with Crippen LogP contribution in [0.15, 0.2) is 42.7 Å². The second-order valence-corrected chi connectivity index (χ2v) is 6.73. The maximum absolute atomic E-state index is 12.4. The van der Waals surface area contributed by atoms with Gasteiger partial charge >= 0.3 is 0 Å². The van der Waals surface area contributed by atoms with E-state index in [1.807, 2.05) is 0 Å². The summed E-state index contributed by atoms with van der Waals surface area (Å²) in [6.07, 6.45) is 4.35. The number of carbonyl (C=O) groups excluding carboxylic acids is 1. The minimum absolute atomic E-state index is 0.0280. The van der Waals surface area contributed by atoms with Crippen LogP contribution in [0.3, 0.4) is 0 Å². The molecule has 1 aromatic heterocycles. The molecule has 2 saturated heterocycles. The molecular formula is C18H18ClN3O2. The van der Waals surface area contributed by atoms with Gasteiger partial charge in [-0.3, -0.25) is 9.78 Å². The summed E-state index contributed by atoms with van der Waals surface area (Å²) in [6, 6.07) is 9.01. The van der Waals surface area contributed by atoms with E-state index in [9.17, 15) is 4.79 Å². The fourth-order valence-corrected chi connectivity index (χ4v) is 3.58. The molecule has 1 N–H and O–H groups in total. The maximum Gasteiger partial charge on any atom is 0.251 e. The number of halogens is 1. The predicted octanol–water partition coefficient (Wildman–Crippen LogP) is 2.96. The van der Waals surface area contributed by atoms with Gasteiger partial charge in [0.05, 0.1) is 11.2 Å². The molecule has 4 rings (SSSR count). The lowest BCUT2D eigenvalue weighted by molar-refractivity contribution is 0.0924. The molecule has 3 unspecified atom stereocenters. The topological polar surface area (TPSA) is 54.5 Å². The molecule has 2 aliphatic rings. The maximum atomic E-state index is 12.4. The van der Waals surface area contributed by atoms with Gasteiger partial charge in [0.1, 0.15) is 5.75 Å². The minimum atomic E-state index is -0.0280. The molecule has 2 fully saturated rings. The summed E-state index contributed by atoms with van der Waals surface area (Å²) in [4.78, 5) is 18.8. The van der Waals surface area contributed by atoms with Crippen molar-refractivity contribution in [3.63, 3.8) is 0 Å². The predicted molar refractivity (Wildman–Crippen MR) is 91.6 cm³/mol. The molecule has 124 valence electrons. The Labute approximate surface area is 145 Å². The van der Waals surface area contributed by atoms with Crippen molar-refractivity contribution in [2.45, 2.75) is 12.5 Å². The van der Waals surface area contributed by atoms with Crippen LogP contribution >= 0.6 is 11.6 Å². The van der Waals surface area contributed by atoms with Gasteiger partial charge in [-0.25, -0.2) is 0 Å². The molecule has 3 atom stereocenters. The van der Waals surface area contributed by atoms with Crippen LogP contribution in [0.4, 0.5) is 0 Å². The number of nitrogens with one attached hydrogen (secondary N) is 1. The van der Waals surface area contributed by atoms with Crippen LogP contribution in [-0.4, -0.2) is 41.5 Å². The highest BCUT2D eigenvalue weighted by Crippen LogP contribution is 2.29. The van der Waals surface area contributed by atoms with Crippen LogP contribution in [0, 0.1) is 5.92 Å². The van der Waals surface area contributed by atoms with E-state index in [-0.39, 0.29) is 11.9 Å². The first-order valence-electron chi connectivity index (χ1n) is 8.10. The number of nitrogens with zero attached hydrogens (tertiary/aromatic N) is 2. The average Bonchev–Trinajstić information content (AvgIpc) is 3.20. The van der Waals surface area contributed by atoms with E-state index in [0.717, 1.165) is 13.1 Å². The Morgan fingerprint density at radius 3 is 2.75 bits per heavy atom. The van der Waals surface area contributed by atoms with Crippen LogP contribution in [0.25, 0.3) is 0 Å². The SMILES string of the molecule is O=C(NC1CN2CCC1C2)c1ccc(Oc2cnccc2Cl)cc1. The number of piperidine rings is 1. The van der Waals surface area contributed by atoms with Crippen LogP contribution in [0.5, 0.6) is 11.5 Å². The fourth-order valence-electron chi connectivity index (χ4n) is 3.44. The summed E-state index contributed by atoms with van der Waals surface area (Å²) in [5, 5.41) is 3.65. The van der Waals surface area contributed by atoms with Crippen molar-refractivity contribution in [2.75, 3.05) is 19.6 Å². The molecule has 0 aliphatic carbocycles. The van der Waals surface area contributed by atoms with E-state index in [1.165, 1.54) is 13.0 Å². The summed E-state index contributed by atoms with van der Waals surface area (Å²) in [5.41, 5.74) is 0.636. The summed E-state index contributed by atoms with van der Waals surface area (Å²) < 4.78 is 5.68. The Balaban J connectivity index is 1.40. The fraction of sp³-hybridized carbons (Fsp3) is 0.333. The van der Waals surface area contributed by atoms with Gasteiger partial charge in [-0.15, -0.1) is 0 Å². The van der Waals surface area contributed by atoms with E-state index in [4.69, 9.17) is 16.3 Å². The first-order valence-corrected chi connectivity index (χ1v) is 8.47. The van der Waals surface area contributed by atoms with E-state index >= 15 is 0 Å². The van der Waals surface area contributed by atoms with Gasteiger partial charge in [-0.1, -0.05) is 11.6 Å². The normalized spacial score (nSPS) is 24.8. The van der Waals surface area contributed by atoms with Crippen molar-refractivity contribution in [3.05, 3.63) is 53.3 Å². The molecule has 0 spiro atoms. The van der Waals surface area contributed by atoms with Crippen LogP contribution < -0.4 is 10.1 Å². The number of benzene rings is 1. The first-order chi connectivity index (χ1) is 11.7. The van der Waals surface area contributed by atoms with Crippen molar-refractivity contribution in [2.24, 2.45) is 5.92 Å². The highest BCUT2D eigenvalue weighted by molar-refractivity contribution is 6.32. The second kappa shape index (κ2) is 6.42. The van der Waals surface area contributed by atoms with E-state index < -0.39 is 0 Å². The molecule has 6 heteroatoms. The zero-order valence-corrected chi connectivity index (χ0v) is 13.9. The van der Waals surface area contributed by atoms with Crippen molar-refractivity contribution in [3.8, 4) is 11.5 Å². The number of carbonyl (C=O) groups is 1. The Hall–Kier alpha value is -2.11. The Morgan fingerprint density at radius 1 is 1.25 bits per heavy atom. The van der Waals surface area contributed by atoms with Crippen molar-refractivity contribution in [1.29, 1.82) is 0 Å². The molecule has 1 amide bonds. The summed E-state index contributed by atoms with van der Waals surface area (Å²) in [7, 11) is 0. The van der Waals surface area contributed by atoms with Gasteiger partial charge in [0.15, 0.2) is 5.75 Å². The van der Waals surface area contributed by atoms with E-state index in [0.29, 0.717) is 28.0 Å². The molecule has 0 saturated carbocycles. The van der Waals surface area contributed by atoms with Crippen molar-refractivity contribution in [1.82, 2.24) is 15.2 Å². The lowest BCUT2D eigenvalue weighted by atomic mass is 9.99. The largest absolute Gasteiger partial charge is 0.454 e. The third kappa shape index (κ3) is 3.09. The quantitative estimate of drug-likeness (QED) is 0.927. The summed E-state index contributed by atoms with van der Waals surface area (Å²) in [5.74, 6) is 1.68. The Morgan fingerprint density at radius 2 is 2.08 bits per heavy atom. The van der Waals surface area contributed by atoms with Gasteiger partial charge in [-0.2, -0.15) is 0 Å². The van der Waals surface area contributed by atoms with E-state index in [2.05, 4.69) is 15.2 Å². The number of ether oxygens (including phenoxy) is 1. The summed E-state index contributed by atoms with van der Waals surface area (Å²) >= 11 is 6.05. The molecule has 2 aliphatic heterocycles. The van der Waals surface area contributed by atoms with Gasteiger partial charge in [-0.05, 0) is 49.2 Å². The number of hydrogen-bond donors (Lipinski definition) is 1. The number of aromatic nitrogens is 1. The van der Waals surface area contributed by atoms with Gasteiger partial charge in [0.25, 0.3) is 5.91 Å². The standard InChI is InChI=1S/C18H18ClN3O2/c19-15-5-7-20-9-17(15)24-14-3-1-12(2-4-14)18(23)21-16-11-22-8-6-13(16)10-22/h1-5,7,9,13,16H,6,8,10-11H2,(H,21,23). The van der Waals surface area contributed by atoms with Gasteiger partial charge in [0, 0.05) is 30.9 Å². The first kappa shape index (κ1) is 15.4. The number of fused-ring (bicyclic) bond motifs is 2. The van der Waals surface area contributed by atoms with Crippen LogP contribution in [0.2, 0.25) is 5.02 Å². The zero-order valence-electron chi connectivity index (χ0n) is 13.1. The number of rotatable bonds is 4. The van der Waals surface area contributed by atoms with Crippen molar-refractivity contribution >= 4 is 17.5 Å². The number of hydrogen-bond acceptors (Lipinski definition) is 4. The second-order valence-electron chi connectivity index (χ2n) is 6.32. The van der Waals surface area contributed by atoms with Gasteiger partial charge in [0.2, 0.25) is 0 Å². The van der Waals surface area contributed by atoms with Gasteiger partial charge < -0.3 is 15.0 Å². The third-order valence-electron chi connectivity index (χ3n) is 4.73. The monoisotopic (exact) mass is 343 g/mol. The Bertz CT molecular complexity index is 750. The lowest BCUT2D eigenvalue weighted by Crippen LogP contribution is -2.43. The number of amides is 1. The summed E-state index contributed by atoms with van der Waals surface area (Å²) in [6.45, 7) is 3.25. The molecule has 2 aromatic rings. The van der Waals surface area contributed by atoms with Crippen LogP contribution in [-0.2, 0) is 0 Å².